The van der Waals surface area contributed by atoms with E-state index in [9.17, 15) is 4.79 Å². The van der Waals surface area contributed by atoms with Gasteiger partial charge in [0.2, 0.25) is 0 Å². The quantitative estimate of drug-likeness (QED) is 0.741. The maximum atomic E-state index is 12.1. The van der Waals surface area contributed by atoms with Crippen LogP contribution < -0.4 is 0 Å². The van der Waals surface area contributed by atoms with Crippen LogP contribution in [0.2, 0.25) is 0 Å². The molecule has 0 saturated heterocycles. The summed E-state index contributed by atoms with van der Waals surface area (Å²) in [6.45, 7) is 0.718. The van der Waals surface area contributed by atoms with E-state index in [1.165, 1.54) is 11.1 Å². The molecular weight excluding hydrogens is 328 g/mol. The molecule has 1 aliphatic heterocycles. The van der Waals surface area contributed by atoms with Crippen LogP contribution in [0.15, 0.2) is 45.5 Å². The van der Waals surface area contributed by atoms with E-state index in [1.807, 2.05) is 12.1 Å². The Balaban J connectivity index is 1.77. The first kappa shape index (κ1) is 13.3. The zero-order valence-electron chi connectivity index (χ0n) is 11.8. The van der Waals surface area contributed by atoms with Gasteiger partial charge in [0.05, 0.1) is 6.61 Å². The molecule has 3 heteroatoms. The molecule has 1 aromatic carbocycles. The molecule has 0 radical (unpaired) electrons. The lowest BCUT2D eigenvalue weighted by Gasteiger charge is -2.28. The van der Waals surface area contributed by atoms with Gasteiger partial charge in [-0.05, 0) is 42.9 Å². The fraction of sp³-hybridized carbons (Fsp3) is 0.389. The summed E-state index contributed by atoms with van der Waals surface area (Å²) in [5.74, 6) is 1.81. The summed E-state index contributed by atoms with van der Waals surface area (Å²) in [4.78, 5) is 12.1. The van der Waals surface area contributed by atoms with E-state index < -0.39 is 0 Å². The van der Waals surface area contributed by atoms with Crippen molar-refractivity contribution in [1.82, 2.24) is 0 Å². The Morgan fingerprint density at radius 2 is 2.05 bits per heavy atom. The first-order chi connectivity index (χ1) is 10.2. The normalized spacial score (nSPS) is 24.8. The van der Waals surface area contributed by atoms with Gasteiger partial charge < -0.3 is 4.74 Å². The first-order valence-corrected chi connectivity index (χ1v) is 8.38. The van der Waals surface area contributed by atoms with E-state index in [4.69, 9.17) is 4.74 Å². The fourth-order valence-corrected chi connectivity index (χ4v) is 4.22. The third kappa shape index (κ3) is 2.18. The monoisotopic (exact) mass is 344 g/mol. The summed E-state index contributed by atoms with van der Waals surface area (Å²) in [5, 5.41) is 0. The summed E-state index contributed by atoms with van der Waals surface area (Å²) in [5.41, 5.74) is 5.02. The number of ether oxygens (including phenoxy) is 1. The Hall–Kier alpha value is -1.35. The predicted molar refractivity (Wildman–Crippen MR) is 85.6 cm³/mol. The molecule has 1 unspecified atom stereocenters. The molecule has 0 aromatic heterocycles. The Labute approximate surface area is 133 Å². The molecular formula is C18H17BrO2. The van der Waals surface area contributed by atoms with E-state index in [0.29, 0.717) is 11.7 Å². The molecule has 0 bridgehead atoms. The molecule has 2 aliphatic carbocycles. The molecule has 0 fully saturated rings. The van der Waals surface area contributed by atoms with Crippen LogP contribution in [0.1, 0.15) is 37.7 Å². The predicted octanol–water partition coefficient (Wildman–Crippen LogP) is 4.65. The van der Waals surface area contributed by atoms with Gasteiger partial charge in [-0.1, -0.05) is 39.7 Å². The van der Waals surface area contributed by atoms with Gasteiger partial charge in [0.1, 0.15) is 5.76 Å². The zero-order chi connectivity index (χ0) is 14.4. The zero-order valence-corrected chi connectivity index (χ0v) is 13.4. The average Bonchev–Trinajstić information content (AvgIpc) is 2.89. The van der Waals surface area contributed by atoms with E-state index in [1.54, 1.807) is 0 Å². The number of rotatable bonds is 1. The third-order valence-electron chi connectivity index (χ3n) is 4.83. The second kappa shape index (κ2) is 5.13. The molecule has 0 N–H and O–H groups in total. The second-order valence-electron chi connectivity index (χ2n) is 6.08. The minimum Gasteiger partial charge on any atom is -0.492 e. The van der Waals surface area contributed by atoms with Crippen molar-refractivity contribution in [3.8, 4) is 0 Å². The molecule has 4 rings (SSSR count). The van der Waals surface area contributed by atoms with Crippen LogP contribution in [0.3, 0.4) is 0 Å². The minimum absolute atomic E-state index is 0.379. The maximum Gasteiger partial charge on any atom is 0.158 e. The number of halogens is 1. The van der Waals surface area contributed by atoms with Crippen LogP contribution in [0.5, 0.6) is 0 Å². The third-order valence-corrected chi connectivity index (χ3v) is 5.52. The van der Waals surface area contributed by atoms with Crippen molar-refractivity contribution >= 4 is 27.5 Å². The summed E-state index contributed by atoms with van der Waals surface area (Å²) in [6.07, 6.45) is 4.66. The van der Waals surface area contributed by atoms with Crippen LogP contribution in [0.25, 0.3) is 5.76 Å². The molecule has 0 spiro atoms. The Morgan fingerprint density at radius 3 is 2.90 bits per heavy atom. The highest BCUT2D eigenvalue weighted by Crippen LogP contribution is 2.47. The largest absolute Gasteiger partial charge is 0.492 e. The van der Waals surface area contributed by atoms with Crippen LogP contribution in [0.4, 0.5) is 0 Å². The van der Waals surface area contributed by atoms with Crippen molar-refractivity contribution in [3.63, 3.8) is 0 Å². The standard InChI is InChI=1S/C18H17BrO2/c19-16-6-2-1-5-13(16)18-15-8-11-4-3-7-17(20)14(11)9-12(15)10-21-18/h1-2,5-6,12H,3-4,7-10H2. The summed E-state index contributed by atoms with van der Waals surface area (Å²) in [7, 11) is 0. The number of allylic oxidation sites excluding steroid dienone is 2. The Kier molecular flexibility index (Phi) is 3.26. The lowest BCUT2D eigenvalue weighted by Crippen LogP contribution is -2.21. The second-order valence-corrected chi connectivity index (χ2v) is 6.94. The van der Waals surface area contributed by atoms with Gasteiger partial charge in [-0.2, -0.15) is 0 Å². The molecule has 0 saturated carbocycles. The lowest BCUT2D eigenvalue weighted by atomic mass is 9.74. The van der Waals surface area contributed by atoms with Crippen LogP contribution in [-0.4, -0.2) is 12.4 Å². The van der Waals surface area contributed by atoms with Crippen molar-refractivity contribution in [2.45, 2.75) is 32.1 Å². The van der Waals surface area contributed by atoms with Crippen LogP contribution >= 0.6 is 15.9 Å². The minimum atomic E-state index is 0.379. The molecule has 21 heavy (non-hydrogen) atoms. The van der Waals surface area contributed by atoms with Gasteiger partial charge in [0.15, 0.2) is 5.78 Å². The van der Waals surface area contributed by atoms with Crippen molar-refractivity contribution < 1.29 is 9.53 Å². The molecule has 1 heterocycles. The highest BCUT2D eigenvalue weighted by Gasteiger charge is 2.36. The topological polar surface area (TPSA) is 26.3 Å². The molecule has 1 aromatic rings. The van der Waals surface area contributed by atoms with Gasteiger partial charge in [0, 0.05) is 22.4 Å². The molecule has 1 atom stereocenters. The fourth-order valence-electron chi connectivity index (χ4n) is 3.76. The molecule has 3 aliphatic rings. The van der Waals surface area contributed by atoms with Crippen molar-refractivity contribution in [3.05, 3.63) is 51.0 Å². The summed E-state index contributed by atoms with van der Waals surface area (Å²) < 4.78 is 7.10. The number of ketones is 1. The number of Topliss-reactive ketones (excluding diaryl/α,β-unsaturated/α-hetero) is 1. The number of carbonyl (C=O) groups excluding carboxylic acids is 1. The Bertz CT molecular complexity index is 684. The summed E-state index contributed by atoms with van der Waals surface area (Å²) >= 11 is 3.62. The lowest BCUT2D eigenvalue weighted by molar-refractivity contribution is -0.116. The molecule has 0 amide bonds. The highest BCUT2D eigenvalue weighted by molar-refractivity contribution is 9.10. The number of hydrogen-bond acceptors (Lipinski definition) is 2. The average molecular weight is 345 g/mol. The van der Waals surface area contributed by atoms with Gasteiger partial charge in [-0.15, -0.1) is 0 Å². The van der Waals surface area contributed by atoms with Gasteiger partial charge in [0.25, 0.3) is 0 Å². The smallest absolute Gasteiger partial charge is 0.158 e. The highest BCUT2D eigenvalue weighted by atomic mass is 79.9. The first-order valence-electron chi connectivity index (χ1n) is 7.59. The van der Waals surface area contributed by atoms with Crippen LogP contribution in [0, 0.1) is 5.92 Å². The molecule has 108 valence electrons. The van der Waals surface area contributed by atoms with E-state index >= 15 is 0 Å². The van der Waals surface area contributed by atoms with E-state index in [2.05, 4.69) is 28.1 Å². The molecule has 2 nitrogen and oxygen atoms in total. The number of hydrogen-bond donors (Lipinski definition) is 0. The maximum absolute atomic E-state index is 12.1. The van der Waals surface area contributed by atoms with Crippen molar-refractivity contribution in [2.75, 3.05) is 6.61 Å². The van der Waals surface area contributed by atoms with Crippen molar-refractivity contribution in [2.24, 2.45) is 5.92 Å². The van der Waals surface area contributed by atoms with Gasteiger partial charge in [-0.25, -0.2) is 0 Å². The van der Waals surface area contributed by atoms with Crippen molar-refractivity contribution in [1.29, 1.82) is 0 Å². The van der Waals surface area contributed by atoms with Crippen LogP contribution in [-0.2, 0) is 9.53 Å². The van der Waals surface area contributed by atoms with E-state index in [-0.39, 0.29) is 0 Å². The van der Waals surface area contributed by atoms with E-state index in [0.717, 1.165) is 60.1 Å². The number of benzene rings is 1. The Morgan fingerprint density at radius 1 is 1.19 bits per heavy atom. The summed E-state index contributed by atoms with van der Waals surface area (Å²) in [6, 6.07) is 8.22. The van der Waals surface area contributed by atoms with Gasteiger partial charge >= 0.3 is 0 Å². The van der Waals surface area contributed by atoms with Gasteiger partial charge in [-0.3, -0.25) is 4.79 Å². The number of fused-ring (bicyclic) bond motifs is 1. The number of carbonyl (C=O) groups is 1. The SMILES string of the molecule is O=C1CCCC2=C1CC1COC(c3ccccc3Br)=C1C2.